The predicted molar refractivity (Wildman–Crippen MR) is 44.2 cm³/mol. The van der Waals surface area contributed by atoms with Crippen molar-refractivity contribution < 1.29 is 0 Å². The van der Waals surface area contributed by atoms with Gasteiger partial charge in [-0.1, -0.05) is 0 Å². The normalized spacial score (nSPS) is 43.6. The topological polar surface area (TPSA) is 15.3 Å². The van der Waals surface area contributed by atoms with Crippen molar-refractivity contribution in [2.45, 2.75) is 25.4 Å². The Balaban J connectivity index is 1.62. The summed E-state index contributed by atoms with van der Waals surface area (Å²) in [6.45, 7) is 4.05. The van der Waals surface area contributed by atoms with Gasteiger partial charge in [0, 0.05) is 19.6 Å². The average Bonchev–Trinajstić information content (AvgIpc) is 2.61. The summed E-state index contributed by atoms with van der Waals surface area (Å²) in [5, 5.41) is 3.57. The first kappa shape index (κ1) is 6.44. The number of rotatable bonds is 2. The van der Waals surface area contributed by atoms with E-state index in [9.17, 15) is 0 Å². The van der Waals surface area contributed by atoms with Gasteiger partial charge in [0.1, 0.15) is 0 Å². The maximum atomic E-state index is 3.57. The molecule has 62 valence electrons. The largest absolute Gasteiger partial charge is 0.301 e. The van der Waals surface area contributed by atoms with Crippen molar-refractivity contribution in [1.82, 2.24) is 10.2 Å². The van der Waals surface area contributed by atoms with Crippen LogP contribution < -0.4 is 5.32 Å². The standard InChI is InChI=1S/C9H16N2/c1-2-7(1)5-11-6-8-3-9(11)10-4-8/h7-10H,1-6H2. The van der Waals surface area contributed by atoms with Gasteiger partial charge in [-0.25, -0.2) is 0 Å². The molecule has 0 radical (unpaired) electrons. The SMILES string of the molecule is C1CC1CN1CC2CNC1C2. The van der Waals surface area contributed by atoms with Crippen molar-refractivity contribution in [2.75, 3.05) is 19.6 Å². The minimum Gasteiger partial charge on any atom is -0.301 e. The van der Waals surface area contributed by atoms with E-state index in [0.29, 0.717) is 0 Å². The van der Waals surface area contributed by atoms with Gasteiger partial charge in [0.05, 0.1) is 6.17 Å². The monoisotopic (exact) mass is 152 g/mol. The molecule has 3 rings (SSSR count). The van der Waals surface area contributed by atoms with E-state index in [2.05, 4.69) is 10.2 Å². The second kappa shape index (κ2) is 2.20. The number of hydrogen-bond donors (Lipinski definition) is 1. The Morgan fingerprint density at radius 2 is 2.27 bits per heavy atom. The smallest absolute Gasteiger partial charge is 0.0600 e. The fourth-order valence-corrected chi connectivity index (χ4v) is 2.50. The van der Waals surface area contributed by atoms with Crippen LogP contribution in [0.4, 0.5) is 0 Å². The molecule has 0 aromatic heterocycles. The molecule has 2 aliphatic heterocycles. The van der Waals surface area contributed by atoms with Gasteiger partial charge in [0.15, 0.2) is 0 Å². The van der Waals surface area contributed by atoms with Crippen molar-refractivity contribution in [2.24, 2.45) is 11.8 Å². The molecule has 3 aliphatic rings. The molecule has 1 saturated carbocycles. The molecule has 11 heavy (non-hydrogen) atoms. The van der Waals surface area contributed by atoms with E-state index >= 15 is 0 Å². The Kier molecular flexibility index (Phi) is 1.29. The Labute approximate surface area is 68.0 Å². The average molecular weight is 152 g/mol. The predicted octanol–water partition coefficient (Wildman–Crippen LogP) is 0.648. The van der Waals surface area contributed by atoms with Crippen LogP contribution >= 0.6 is 0 Å². The molecule has 1 N–H and O–H groups in total. The van der Waals surface area contributed by atoms with E-state index < -0.39 is 0 Å². The van der Waals surface area contributed by atoms with E-state index in [4.69, 9.17) is 0 Å². The summed E-state index contributed by atoms with van der Waals surface area (Å²) in [6, 6.07) is 0. The van der Waals surface area contributed by atoms with Gasteiger partial charge in [0.25, 0.3) is 0 Å². The first-order valence-corrected chi connectivity index (χ1v) is 4.89. The molecule has 0 aromatic carbocycles. The van der Waals surface area contributed by atoms with Crippen molar-refractivity contribution >= 4 is 0 Å². The highest BCUT2D eigenvalue weighted by atomic mass is 15.3. The summed E-state index contributed by atoms with van der Waals surface area (Å²) < 4.78 is 0. The van der Waals surface area contributed by atoms with E-state index in [0.717, 1.165) is 18.0 Å². The molecule has 0 spiro atoms. The lowest BCUT2D eigenvalue weighted by atomic mass is 10.2. The third kappa shape index (κ3) is 1.09. The van der Waals surface area contributed by atoms with Gasteiger partial charge in [-0.15, -0.1) is 0 Å². The molecule has 2 saturated heterocycles. The number of fused-ring (bicyclic) bond motifs is 2. The maximum absolute atomic E-state index is 3.57. The van der Waals surface area contributed by atoms with Crippen molar-refractivity contribution in [3.05, 3.63) is 0 Å². The Morgan fingerprint density at radius 1 is 1.36 bits per heavy atom. The van der Waals surface area contributed by atoms with Gasteiger partial charge >= 0.3 is 0 Å². The number of hydrogen-bond acceptors (Lipinski definition) is 2. The van der Waals surface area contributed by atoms with E-state index in [-0.39, 0.29) is 0 Å². The fourth-order valence-electron chi connectivity index (χ4n) is 2.50. The van der Waals surface area contributed by atoms with Crippen LogP contribution in [0.2, 0.25) is 0 Å². The van der Waals surface area contributed by atoms with Crippen LogP contribution in [-0.2, 0) is 0 Å². The first-order chi connectivity index (χ1) is 5.42. The van der Waals surface area contributed by atoms with Crippen LogP contribution in [0, 0.1) is 11.8 Å². The summed E-state index contributed by atoms with van der Waals surface area (Å²) in [5.74, 6) is 2.05. The molecule has 2 heteroatoms. The highest BCUT2D eigenvalue weighted by molar-refractivity contribution is 4.93. The summed E-state index contributed by atoms with van der Waals surface area (Å²) in [4.78, 5) is 2.66. The summed E-state index contributed by atoms with van der Waals surface area (Å²) in [5.41, 5.74) is 0. The Morgan fingerprint density at radius 3 is 2.82 bits per heavy atom. The Hall–Kier alpha value is -0.0800. The first-order valence-electron chi connectivity index (χ1n) is 4.89. The zero-order chi connectivity index (χ0) is 7.26. The molecule has 3 fully saturated rings. The number of likely N-dealkylation sites (tertiary alicyclic amines) is 1. The minimum atomic E-state index is 0.764. The van der Waals surface area contributed by atoms with Crippen molar-refractivity contribution in [3.63, 3.8) is 0 Å². The van der Waals surface area contributed by atoms with Crippen LogP contribution in [0.3, 0.4) is 0 Å². The molecule has 0 amide bonds. The molecule has 1 aliphatic carbocycles. The van der Waals surface area contributed by atoms with Gasteiger partial charge in [-0.2, -0.15) is 0 Å². The highest BCUT2D eigenvalue weighted by Gasteiger charge is 2.39. The van der Waals surface area contributed by atoms with Crippen molar-refractivity contribution in [3.8, 4) is 0 Å². The Bertz CT molecular complexity index is 165. The van der Waals surface area contributed by atoms with Gasteiger partial charge in [0.2, 0.25) is 0 Å². The summed E-state index contributed by atoms with van der Waals surface area (Å²) in [6.07, 6.45) is 5.18. The quantitative estimate of drug-likeness (QED) is 0.625. The molecule has 2 heterocycles. The van der Waals surface area contributed by atoms with Crippen LogP contribution in [0.15, 0.2) is 0 Å². The van der Waals surface area contributed by atoms with Gasteiger partial charge in [-0.3, -0.25) is 4.90 Å². The fraction of sp³-hybridized carbons (Fsp3) is 1.00. The minimum absolute atomic E-state index is 0.764. The lowest BCUT2D eigenvalue weighted by Gasteiger charge is -2.27. The molecular weight excluding hydrogens is 136 g/mol. The molecule has 2 nitrogen and oxygen atoms in total. The second-order valence-corrected chi connectivity index (χ2v) is 4.42. The lowest BCUT2D eigenvalue weighted by Crippen LogP contribution is -2.44. The van der Waals surface area contributed by atoms with Crippen molar-refractivity contribution in [1.29, 1.82) is 0 Å². The van der Waals surface area contributed by atoms with E-state index in [1.807, 2.05) is 0 Å². The zero-order valence-electron chi connectivity index (χ0n) is 6.92. The molecule has 2 unspecified atom stereocenters. The third-order valence-corrected chi connectivity index (χ3v) is 3.32. The number of nitrogens with one attached hydrogen (secondary N) is 1. The van der Waals surface area contributed by atoms with E-state index in [1.165, 1.54) is 38.9 Å². The summed E-state index contributed by atoms with van der Waals surface area (Å²) in [7, 11) is 0. The third-order valence-electron chi connectivity index (χ3n) is 3.32. The van der Waals surface area contributed by atoms with Crippen LogP contribution in [-0.4, -0.2) is 30.7 Å². The van der Waals surface area contributed by atoms with Crippen LogP contribution in [0.1, 0.15) is 19.3 Å². The number of nitrogens with zero attached hydrogens (tertiary/aromatic N) is 1. The lowest BCUT2D eigenvalue weighted by molar-refractivity contribution is 0.189. The molecule has 0 aromatic rings. The highest BCUT2D eigenvalue weighted by Crippen LogP contribution is 2.34. The van der Waals surface area contributed by atoms with Gasteiger partial charge < -0.3 is 5.32 Å². The van der Waals surface area contributed by atoms with Crippen LogP contribution in [0.25, 0.3) is 0 Å². The maximum Gasteiger partial charge on any atom is 0.0600 e. The summed E-state index contributed by atoms with van der Waals surface area (Å²) >= 11 is 0. The molecule has 2 bridgehead atoms. The molecule has 2 atom stereocenters. The van der Waals surface area contributed by atoms with E-state index in [1.54, 1.807) is 0 Å². The molecular formula is C9H16N2. The second-order valence-electron chi connectivity index (χ2n) is 4.42. The zero-order valence-corrected chi connectivity index (χ0v) is 6.92. The van der Waals surface area contributed by atoms with Gasteiger partial charge in [-0.05, 0) is 31.1 Å². The van der Waals surface area contributed by atoms with Crippen LogP contribution in [0.5, 0.6) is 0 Å².